The molecule has 100 valence electrons. The standard InChI is InChI=1S/C14H14BrClN2O/c1-2-19-14-6-4-11(9-18-14)17-8-10-3-5-12(15)13(16)7-10/h3-7,9,17H,2,8H2,1H3. The van der Waals surface area contributed by atoms with Crippen LogP contribution in [0.25, 0.3) is 0 Å². The first-order valence-corrected chi connectivity index (χ1v) is 7.13. The molecule has 1 aromatic heterocycles. The smallest absolute Gasteiger partial charge is 0.213 e. The minimum atomic E-state index is 0.622. The third kappa shape index (κ3) is 4.11. The minimum absolute atomic E-state index is 0.622. The Kier molecular flexibility index (Phi) is 5.05. The van der Waals surface area contributed by atoms with Gasteiger partial charge in [0.1, 0.15) is 0 Å². The summed E-state index contributed by atoms with van der Waals surface area (Å²) in [5.74, 6) is 0.639. The molecule has 5 heteroatoms. The van der Waals surface area contributed by atoms with Gasteiger partial charge in [0.25, 0.3) is 0 Å². The first-order valence-electron chi connectivity index (χ1n) is 5.95. The lowest BCUT2D eigenvalue weighted by molar-refractivity contribution is 0.327. The highest BCUT2D eigenvalue weighted by Gasteiger charge is 2.00. The topological polar surface area (TPSA) is 34.1 Å². The first-order chi connectivity index (χ1) is 9.19. The summed E-state index contributed by atoms with van der Waals surface area (Å²) in [6, 6.07) is 9.68. The number of hydrogen-bond acceptors (Lipinski definition) is 3. The van der Waals surface area contributed by atoms with Crippen molar-refractivity contribution >= 4 is 33.2 Å². The van der Waals surface area contributed by atoms with Gasteiger partial charge in [0, 0.05) is 17.1 Å². The van der Waals surface area contributed by atoms with Crippen LogP contribution in [0.4, 0.5) is 5.69 Å². The van der Waals surface area contributed by atoms with Gasteiger partial charge in [0.2, 0.25) is 5.88 Å². The van der Waals surface area contributed by atoms with Crippen LogP contribution in [0.3, 0.4) is 0 Å². The number of hydrogen-bond donors (Lipinski definition) is 1. The number of benzene rings is 1. The number of aromatic nitrogens is 1. The van der Waals surface area contributed by atoms with Crippen LogP contribution in [0.2, 0.25) is 5.02 Å². The zero-order valence-electron chi connectivity index (χ0n) is 10.5. The molecule has 0 aliphatic carbocycles. The molecule has 0 spiro atoms. The molecule has 2 aromatic rings. The van der Waals surface area contributed by atoms with Gasteiger partial charge < -0.3 is 10.1 Å². The molecule has 0 saturated carbocycles. The molecule has 1 heterocycles. The Balaban J connectivity index is 1.96. The SMILES string of the molecule is CCOc1ccc(NCc2ccc(Br)c(Cl)c2)cn1. The molecule has 0 unspecified atom stereocenters. The Bertz CT molecular complexity index is 546. The molecule has 3 nitrogen and oxygen atoms in total. The van der Waals surface area contributed by atoms with Crippen LogP contribution < -0.4 is 10.1 Å². The molecule has 0 aliphatic heterocycles. The Morgan fingerprint density at radius 3 is 2.79 bits per heavy atom. The average Bonchev–Trinajstić information content (AvgIpc) is 2.42. The number of nitrogens with zero attached hydrogens (tertiary/aromatic N) is 1. The lowest BCUT2D eigenvalue weighted by Gasteiger charge is -2.08. The molecule has 19 heavy (non-hydrogen) atoms. The van der Waals surface area contributed by atoms with Crippen molar-refractivity contribution in [3.05, 3.63) is 51.6 Å². The number of pyridine rings is 1. The van der Waals surface area contributed by atoms with Crippen molar-refractivity contribution in [1.82, 2.24) is 4.98 Å². The second-order valence-corrected chi connectivity index (χ2v) is 5.18. The van der Waals surface area contributed by atoms with Gasteiger partial charge in [-0.05, 0) is 46.6 Å². The molecule has 0 saturated heterocycles. The lowest BCUT2D eigenvalue weighted by atomic mass is 10.2. The Hall–Kier alpha value is -1.26. The number of halogens is 2. The van der Waals surface area contributed by atoms with E-state index in [2.05, 4.69) is 26.2 Å². The van der Waals surface area contributed by atoms with Crippen molar-refractivity contribution in [2.75, 3.05) is 11.9 Å². The van der Waals surface area contributed by atoms with Gasteiger partial charge in [-0.3, -0.25) is 0 Å². The number of anilines is 1. The maximum atomic E-state index is 6.05. The van der Waals surface area contributed by atoms with Gasteiger partial charge >= 0.3 is 0 Å². The molecule has 0 atom stereocenters. The monoisotopic (exact) mass is 340 g/mol. The van der Waals surface area contributed by atoms with Gasteiger partial charge in [-0.25, -0.2) is 4.98 Å². The van der Waals surface area contributed by atoms with Crippen LogP contribution in [0.1, 0.15) is 12.5 Å². The molecule has 0 bridgehead atoms. The Morgan fingerprint density at radius 1 is 1.32 bits per heavy atom. The normalized spacial score (nSPS) is 10.3. The summed E-state index contributed by atoms with van der Waals surface area (Å²) in [4.78, 5) is 4.19. The summed E-state index contributed by atoms with van der Waals surface area (Å²) >= 11 is 9.42. The van der Waals surface area contributed by atoms with E-state index in [-0.39, 0.29) is 0 Å². The summed E-state index contributed by atoms with van der Waals surface area (Å²) in [6.07, 6.45) is 1.76. The van der Waals surface area contributed by atoms with Crippen LogP contribution in [0.5, 0.6) is 5.88 Å². The fourth-order valence-electron chi connectivity index (χ4n) is 1.57. The van der Waals surface area contributed by atoms with Gasteiger partial charge in [-0.1, -0.05) is 17.7 Å². The van der Waals surface area contributed by atoms with E-state index in [1.54, 1.807) is 6.20 Å². The van der Waals surface area contributed by atoms with E-state index in [1.807, 2.05) is 37.3 Å². The zero-order valence-corrected chi connectivity index (χ0v) is 12.8. The van der Waals surface area contributed by atoms with Crippen molar-refractivity contribution in [3.63, 3.8) is 0 Å². The number of ether oxygens (including phenoxy) is 1. The summed E-state index contributed by atoms with van der Waals surface area (Å²) in [6.45, 7) is 3.25. The van der Waals surface area contributed by atoms with Crippen LogP contribution in [-0.2, 0) is 6.54 Å². The summed E-state index contributed by atoms with van der Waals surface area (Å²) in [5.41, 5.74) is 2.06. The second-order valence-electron chi connectivity index (χ2n) is 3.92. The minimum Gasteiger partial charge on any atom is -0.478 e. The predicted octanol–water partition coefficient (Wildman–Crippen LogP) is 4.51. The molecule has 1 aromatic carbocycles. The molecule has 0 amide bonds. The molecule has 1 N–H and O–H groups in total. The summed E-state index contributed by atoms with van der Waals surface area (Å²) in [7, 11) is 0. The van der Waals surface area contributed by atoms with Gasteiger partial charge in [0.05, 0.1) is 23.5 Å². The van der Waals surface area contributed by atoms with E-state index in [4.69, 9.17) is 16.3 Å². The zero-order chi connectivity index (χ0) is 13.7. The van der Waals surface area contributed by atoms with Crippen LogP contribution in [0, 0.1) is 0 Å². The van der Waals surface area contributed by atoms with E-state index < -0.39 is 0 Å². The van der Waals surface area contributed by atoms with Gasteiger partial charge in [-0.15, -0.1) is 0 Å². The summed E-state index contributed by atoms with van der Waals surface area (Å²) in [5, 5.41) is 4.00. The summed E-state index contributed by atoms with van der Waals surface area (Å²) < 4.78 is 6.19. The predicted molar refractivity (Wildman–Crippen MR) is 81.9 cm³/mol. The van der Waals surface area contributed by atoms with Gasteiger partial charge in [-0.2, -0.15) is 0 Å². The highest BCUT2D eigenvalue weighted by molar-refractivity contribution is 9.10. The third-order valence-corrected chi connectivity index (χ3v) is 3.74. The van der Waals surface area contributed by atoms with Crippen LogP contribution >= 0.6 is 27.5 Å². The van der Waals surface area contributed by atoms with E-state index >= 15 is 0 Å². The van der Waals surface area contributed by atoms with E-state index in [9.17, 15) is 0 Å². The third-order valence-electron chi connectivity index (χ3n) is 2.51. The first kappa shape index (κ1) is 14.2. The van der Waals surface area contributed by atoms with Gasteiger partial charge in [0.15, 0.2) is 0 Å². The lowest BCUT2D eigenvalue weighted by Crippen LogP contribution is -2.00. The number of rotatable bonds is 5. The maximum Gasteiger partial charge on any atom is 0.213 e. The molecule has 2 rings (SSSR count). The molecule has 0 radical (unpaired) electrons. The van der Waals surface area contributed by atoms with Crippen molar-refractivity contribution in [2.24, 2.45) is 0 Å². The van der Waals surface area contributed by atoms with Crippen molar-refractivity contribution < 1.29 is 4.74 Å². The quantitative estimate of drug-likeness (QED) is 0.869. The van der Waals surface area contributed by atoms with Crippen LogP contribution in [-0.4, -0.2) is 11.6 Å². The van der Waals surface area contributed by atoms with E-state index in [0.717, 1.165) is 15.7 Å². The van der Waals surface area contributed by atoms with Crippen molar-refractivity contribution in [3.8, 4) is 5.88 Å². The fourth-order valence-corrected chi connectivity index (χ4v) is 2.02. The highest BCUT2D eigenvalue weighted by Crippen LogP contribution is 2.23. The fraction of sp³-hybridized carbons (Fsp3) is 0.214. The molecule has 0 fully saturated rings. The maximum absolute atomic E-state index is 6.05. The Labute approximate surface area is 126 Å². The largest absolute Gasteiger partial charge is 0.478 e. The van der Waals surface area contributed by atoms with E-state index in [0.29, 0.717) is 24.1 Å². The second kappa shape index (κ2) is 6.78. The molecular formula is C14H14BrClN2O. The Morgan fingerprint density at radius 2 is 2.16 bits per heavy atom. The number of nitrogens with one attached hydrogen (secondary N) is 1. The molecular weight excluding hydrogens is 328 g/mol. The highest BCUT2D eigenvalue weighted by atomic mass is 79.9. The van der Waals surface area contributed by atoms with Crippen molar-refractivity contribution in [2.45, 2.75) is 13.5 Å². The van der Waals surface area contributed by atoms with Crippen LogP contribution in [0.15, 0.2) is 41.0 Å². The molecule has 0 aliphatic rings. The average molecular weight is 342 g/mol. The van der Waals surface area contributed by atoms with E-state index in [1.165, 1.54) is 0 Å². The van der Waals surface area contributed by atoms with Crippen molar-refractivity contribution in [1.29, 1.82) is 0 Å².